The van der Waals surface area contributed by atoms with Gasteiger partial charge in [-0.2, -0.15) is 0 Å². The smallest absolute Gasteiger partial charge is 0.216 e. The number of amides is 1. The maximum atomic E-state index is 9.93. The van der Waals surface area contributed by atoms with Crippen LogP contribution in [0.3, 0.4) is 0 Å². The summed E-state index contributed by atoms with van der Waals surface area (Å²) in [5.74, 6) is 0.206. The maximum absolute atomic E-state index is 9.93. The second-order valence-corrected chi connectivity index (χ2v) is 2.70. The monoisotopic (exact) mass is 205 g/mol. The third kappa shape index (κ3) is 250. The number of ketones is 1. The molecule has 0 heterocycles. The van der Waals surface area contributed by atoms with Gasteiger partial charge in [0.25, 0.3) is 0 Å². The van der Waals surface area contributed by atoms with Gasteiger partial charge < -0.3 is 10.1 Å². The van der Waals surface area contributed by atoms with Crippen molar-refractivity contribution in [3.8, 4) is 0 Å². The maximum Gasteiger partial charge on any atom is 0.216 e. The molecule has 0 bridgehead atoms. The van der Waals surface area contributed by atoms with Crippen LogP contribution in [0.15, 0.2) is 0 Å². The van der Waals surface area contributed by atoms with E-state index in [0.717, 1.165) is 6.54 Å². The van der Waals surface area contributed by atoms with E-state index in [0.29, 0.717) is 0 Å². The van der Waals surface area contributed by atoms with Crippen LogP contribution in [0, 0.1) is 0 Å². The van der Waals surface area contributed by atoms with Gasteiger partial charge in [0.1, 0.15) is 5.78 Å². The minimum absolute atomic E-state index is 0. The first-order valence-corrected chi connectivity index (χ1v) is 4.63. The highest BCUT2D eigenvalue weighted by atomic mass is 16.1. The van der Waals surface area contributed by atoms with E-state index < -0.39 is 0 Å². The highest BCUT2D eigenvalue weighted by Crippen LogP contribution is 1.56. The first-order valence-electron chi connectivity index (χ1n) is 4.63. The number of hydrogen-bond acceptors (Lipinski definition) is 2. The minimum Gasteiger partial charge on any atom is -0.357 e. The SMILES string of the molecule is C.CC(C)=O.CCC.CCNC(C)=O. The zero-order valence-electron chi connectivity index (χ0n) is 9.73. The van der Waals surface area contributed by atoms with Crippen molar-refractivity contribution in [1.82, 2.24) is 5.32 Å². The van der Waals surface area contributed by atoms with Gasteiger partial charge in [-0.15, -0.1) is 0 Å². The molecular formula is C11H27NO2. The second kappa shape index (κ2) is 22.7. The summed E-state index contributed by atoms with van der Waals surface area (Å²) in [6, 6.07) is 0. The lowest BCUT2D eigenvalue weighted by Gasteiger charge is -1.88. The van der Waals surface area contributed by atoms with Gasteiger partial charge in [-0.3, -0.25) is 4.79 Å². The molecule has 0 aromatic rings. The molecule has 0 aromatic carbocycles. The number of Topliss-reactive ketones (excluding diaryl/α,β-unsaturated/α-hetero) is 1. The van der Waals surface area contributed by atoms with Crippen molar-refractivity contribution in [2.75, 3.05) is 6.54 Å². The Hall–Kier alpha value is -0.860. The average molecular weight is 205 g/mol. The Bertz CT molecular complexity index is 118. The van der Waals surface area contributed by atoms with E-state index in [2.05, 4.69) is 19.2 Å². The van der Waals surface area contributed by atoms with Gasteiger partial charge in [0.05, 0.1) is 0 Å². The van der Waals surface area contributed by atoms with Gasteiger partial charge in [0.2, 0.25) is 5.91 Å². The predicted molar refractivity (Wildman–Crippen MR) is 63.4 cm³/mol. The lowest BCUT2D eigenvalue weighted by atomic mass is 10.6. The van der Waals surface area contributed by atoms with E-state index in [1.54, 1.807) is 0 Å². The summed E-state index contributed by atoms with van der Waals surface area (Å²) >= 11 is 0. The molecule has 0 aliphatic heterocycles. The molecule has 0 rings (SSSR count). The molecule has 3 heteroatoms. The summed E-state index contributed by atoms with van der Waals surface area (Å²) in [5.41, 5.74) is 0. The highest BCUT2D eigenvalue weighted by molar-refractivity contribution is 5.72. The third-order valence-electron chi connectivity index (χ3n) is 0.426. The molecule has 0 atom stereocenters. The van der Waals surface area contributed by atoms with Crippen LogP contribution < -0.4 is 5.32 Å². The van der Waals surface area contributed by atoms with Crippen molar-refractivity contribution >= 4 is 11.7 Å². The molecule has 0 saturated carbocycles. The lowest BCUT2D eigenvalue weighted by Crippen LogP contribution is -2.18. The summed E-state index contributed by atoms with van der Waals surface area (Å²) in [6.45, 7) is 11.4. The van der Waals surface area contributed by atoms with E-state index >= 15 is 0 Å². The molecule has 88 valence electrons. The van der Waals surface area contributed by atoms with E-state index in [1.807, 2.05) is 6.92 Å². The van der Waals surface area contributed by atoms with Crippen LogP contribution in [-0.4, -0.2) is 18.2 Å². The molecule has 0 fully saturated rings. The van der Waals surface area contributed by atoms with Crippen LogP contribution in [0.2, 0.25) is 0 Å². The zero-order chi connectivity index (χ0) is 11.3. The van der Waals surface area contributed by atoms with Crippen LogP contribution in [0.5, 0.6) is 0 Å². The topological polar surface area (TPSA) is 46.2 Å². The molecule has 0 radical (unpaired) electrons. The number of carbonyl (C=O) groups excluding carboxylic acids is 2. The fraction of sp³-hybridized carbons (Fsp3) is 0.818. The van der Waals surface area contributed by atoms with E-state index in [4.69, 9.17) is 0 Å². The molecule has 0 aliphatic carbocycles. The predicted octanol–water partition coefficient (Wildman–Crippen LogP) is 2.79. The molecule has 1 amide bonds. The summed E-state index contributed by atoms with van der Waals surface area (Å²) < 4.78 is 0. The number of hydrogen-bond donors (Lipinski definition) is 1. The van der Waals surface area contributed by atoms with Gasteiger partial charge in [0, 0.05) is 13.5 Å². The Balaban J connectivity index is -0.0000000553. The lowest BCUT2D eigenvalue weighted by molar-refractivity contribution is -0.119. The molecule has 14 heavy (non-hydrogen) atoms. The van der Waals surface area contributed by atoms with Crippen molar-refractivity contribution in [1.29, 1.82) is 0 Å². The summed E-state index contributed by atoms with van der Waals surface area (Å²) in [4.78, 5) is 19.4. The summed E-state index contributed by atoms with van der Waals surface area (Å²) in [7, 11) is 0. The van der Waals surface area contributed by atoms with Gasteiger partial charge in [-0.25, -0.2) is 0 Å². The Kier molecular flexibility index (Phi) is 37.6. The van der Waals surface area contributed by atoms with Crippen LogP contribution in [0.4, 0.5) is 0 Å². The summed E-state index contributed by atoms with van der Waals surface area (Å²) in [5, 5.41) is 2.57. The normalized spacial score (nSPS) is 6.43. The molecular weight excluding hydrogens is 178 g/mol. The number of nitrogens with one attached hydrogen (secondary N) is 1. The Labute approximate surface area is 89.3 Å². The van der Waals surface area contributed by atoms with E-state index in [1.165, 1.54) is 27.2 Å². The summed E-state index contributed by atoms with van der Waals surface area (Å²) in [6.07, 6.45) is 1.25. The fourth-order valence-electron chi connectivity index (χ4n) is 0.249. The Morgan fingerprint density at radius 2 is 1.21 bits per heavy atom. The molecule has 3 nitrogen and oxygen atoms in total. The van der Waals surface area contributed by atoms with Crippen molar-refractivity contribution < 1.29 is 9.59 Å². The second-order valence-electron chi connectivity index (χ2n) is 2.70. The van der Waals surface area contributed by atoms with Crippen molar-refractivity contribution in [3.05, 3.63) is 0 Å². The fourth-order valence-corrected chi connectivity index (χ4v) is 0.249. The molecule has 1 N–H and O–H groups in total. The molecule has 0 unspecified atom stereocenters. The quantitative estimate of drug-likeness (QED) is 0.715. The largest absolute Gasteiger partial charge is 0.357 e. The zero-order valence-corrected chi connectivity index (χ0v) is 9.73. The number of rotatable bonds is 1. The average Bonchev–Trinajstić information content (AvgIpc) is 1.86. The van der Waals surface area contributed by atoms with Crippen LogP contribution in [-0.2, 0) is 9.59 Å². The first-order chi connectivity index (χ1) is 5.92. The molecule has 0 saturated heterocycles. The Morgan fingerprint density at radius 3 is 1.21 bits per heavy atom. The first kappa shape index (κ1) is 23.2. The Morgan fingerprint density at radius 1 is 1.00 bits per heavy atom. The van der Waals surface area contributed by atoms with Crippen LogP contribution in [0.1, 0.15) is 55.4 Å². The van der Waals surface area contributed by atoms with E-state index in [9.17, 15) is 9.59 Å². The molecule has 0 aliphatic rings. The van der Waals surface area contributed by atoms with Gasteiger partial charge in [-0.1, -0.05) is 27.7 Å². The number of carbonyl (C=O) groups is 2. The highest BCUT2D eigenvalue weighted by Gasteiger charge is 1.78. The van der Waals surface area contributed by atoms with Gasteiger partial charge in [-0.05, 0) is 20.8 Å². The minimum atomic E-state index is 0. The van der Waals surface area contributed by atoms with Crippen LogP contribution in [0.25, 0.3) is 0 Å². The standard InChI is InChI=1S/C4H9NO.C3H6O.C3H8.CH4/c1-3-5-4(2)6;1-3(2)4;1-3-2;/h3H2,1-2H3,(H,5,6);1-2H3;3H2,1-2H3;1H4. The third-order valence-corrected chi connectivity index (χ3v) is 0.426. The van der Waals surface area contributed by atoms with Crippen LogP contribution >= 0.6 is 0 Å². The van der Waals surface area contributed by atoms with Gasteiger partial charge in [0.15, 0.2) is 0 Å². The van der Waals surface area contributed by atoms with Crippen molar-refractivity contribution in [3.63, 3.8) is 0 Å². The van der Waals surface area contributed by atoms with Gasteiger partial charge >= 0.3 is 0 Å². The van der Waals surface area contributed by atoms with E-state index in [-0.39, 0.29) is 19.1 Å². The van der Waals surface area contributed by atoms with Crippen molar-refractivity contribution in [2.24, 2.45) is 0 Å². The molecule has 0 spiro atoms. The molecule has 0 aromatic heterocycles. The van der Waals surface area contributed by atoms with Crippen molar-refractivity contribution in [2.45, 2.75) is 55.4 Å².